The van der Waals surface area contributed by atoms with Gasteiger partial charge >= 0.3 is 0 Å². The highest BCUT2D eigenvalue weighted by molar-refractivity contribution is 6.03. The number of benzene rings is 2. The lowest BCUT2D eigenvalue weighted by molar-refractivity contribution is -0.116. The number of rotatable bonds is 1. The number of hydrogen-bond acceptors (Lipinski definition) is 3. The zero-order chi connectivity index (χ0) is 13.2. The van der Waals surface area contributed by atoms with E-state index in [1.165, 1.54) is 0 Å². The molecule has 4 heteroatoms. The Hall–Kier alpha value is -2.64. The zero-order valence-corrected chi connectivity index (χ0v) is 10.1. The maximum absolute atomic E-state index is 11.6. The third-order valence-corrected chi connectivity index (χ3v) is 3.18. The van der Waals surface area contributed by atoms with E-state index in [9.17, 15) is 10.1 Å². The standard InChI is InChI=1S/C15H11N3O/c16-8-11-6-5-10-3-1-2-4-13(10)14(11)7-12-9-17-18-15(12)19/h1-7,17H,9H2,(H,18,19)/b12-7+. The molecule has 92 valence electrons. The molecular formula is C15H11N3O. The molecule has 2 aromatic carbocycles. The van der Waals surface area contributed by atoms with Crippen molar-refractivity contribution < 1.29 is 4.79 Å². The van der Waals surface area contributed by atoms with Gasteiger partial charge < -0.3 is 0 Å². The van der Waals surface area contributed by atoms with Crippen molar-refractivity contribution in [1.29, 1.82) is 5.26 Å². The van der Waals surface area contributed by atoms with Crippen molar-refractivity contribution in [3.05, 3.63) is 53.1 Å². The topological polar surface area (TPSA) is 64.9 Å². The fourth-order valence-corrected chi connectivity index (χ4v) is 2.22. The van der Waals surface area contributed by atoms with Crippen LogP contribution in [-0.2, 0) is 4.79 Å². The molecule has 0 atom stereocenters. The largest absolute Gasteiger partial charge is 0.287 e. The molecule has 0 unspecified atom stereocenters. The lowest BCUT2D eigenvalue weighted by Gasteiger charge is -2.05. The zero-order valence-electron chi connectivity index (χ0n) is 10.1. The molecule has 1 saturated heterocycles. The first kappa shape index (κ1) is 11.5. The van der Waals surface area contributed by atoms with Crippen molar-refractivity contribution in [1.82, 2.24) is 10.9 Å². The normalized spacial score (nSPS) is 16.6. The summed E-state index contributed by atoms with van der Waals surface area (Å²) in [6.07, 6.45) is 1.79. The van der Waals surface area contributed by atoms with Crippen LogP contribution in [0, 0.1) is 11.3 Å². The predicted molar refractivity (Wildman–Crippen MR) is 72.8 cm³/mol. The summed E-state index contributed by atoms with van der Waals surface area (Å²) in [4.78, 5) is 11.6. The van der Waals surface area contributed by atoms with Gasteiger partial charge in [-0.1, -0.05) is 30.3 Å². The smallest absolute Gasteiger partial charge is 0.262 e. The molecule has 1 aliphatic heterocycles. The van der Waals surface area contributed by atoms with Crippen LogP contribution in [0.5, 0.6) is 0 Å². The van der Waals surface area contributed by atoms with Crippen molar-refractivity contribution in [2.45, 2.75) is 0 Å². The molecule has 4 nitrogen and oxygen atoms in total. The summed E-state index contributed by atoms with van der Waals surface area (Å²) < 4.78 is 0. The van der Waals surface area contributed by atoms with Crippen molar-refractivity contribution in [3.8, 4) is 6.07 Å². The van der Waals surface area contributed by atoms with Gasteiger partial charge in [0.25, 0.3) is 5.91 Å². The van der Waals surface area contributed by atoms with E-state index in [1.807, 2.05) is 30.3 Å². The summed E-state index contributed by atoms with van der Waals surface area (Å²) in [5, 5.41) is 11.3. The van der Waals surface area contributed by atoms with Crippen LogP contribution in [0.1, 0.15) is 11.1 Å². The van der Waals surface area contributed by atoms with Gasteiger partial charge in [-0.25, -0.2) is 5.43 Å². The Morgan fingerprint density at radius 2 is 2.05 bits per heavy atom. The lowest BCUT2D eigenvalue weighted by atomic mass is 9.97. The Morgan fingerprint density at radius 1 is 1.21 bits per heavy atom. The summed E-state index contributed by atoms with van der Waals surface area (Å²) in [6.45, 7) is 0.465. The van der Waals surface area contributed by atoms with Gasteiger partial charge in [-0.2, -0.15) is 5.26 Å². The second-order valence-electron chi connectivity index (χ2n) is 4.34. The van der Waals surface area contributed by atoms with Crippen LogP contribution >= 0.6 is 0 Å². The van der Waals surface area contributed by atoms with Gasteiger partial charge in [-0.15, -0.1) is 0 Å². The van der Waals surface area contributed by atoms with Gasteiger partial charge in [0.2, 0.25) is 0 Å². The molecule has 3 rings (SSSR count). The van der Waals surface area contributed by atoms with Gasteiger partial charge in [0.15, 0.2) is 0 Å². The number of nitrogens with one attached hydrogen (secondary N) is 2. The number of nitrogens with zero attached hydrogens (tertiary/aromatic N) is 1. The minimum absolute atomic E-state index is 0.142. The molecular weight excluding hydrogens is 238 g/mol. The van der Waals surface area contributed by atoms with E-state index in [-0.39, 0.29) is 5.91 Å². The van der Waals surface area contributed by atoms with E-state index in [4.69, 9.17) is 0 Å². The summed E-state index contributed by atoms with van der Waals surface area (Å²) in [5.74, 6) is -0.142. The monoisotopic (exact) mass is 249 g/mol. The first-order valence-electron chi connectivity index (χ1n) is 5.95. The lowest BCUT2D eigenvalue weighted by Crippen LogP contribution is -2.25. The SMILES string of the molecule is N#Cc1ccc2ccccc2c1/C=C1\CNNC1=O. The van der Waals surface area contributed by atoms with Gasteiger partial charge in [-0.3, -0.25) is 10.2 Å². The van der Waals surface area contributed by atoms with E-state index < -0.39 is 0 Å². The summed E-state index contributed by atoms with van der Waals surface area (Å²) in [7, 11) is 0. The highest BCUT2D eigenvalue weighted by Gasteiger charge is 2.17. The number of carbonyl (C=O) groups excluding carboxylic acids is 1. The Kier molecular flexibility index (Phi) is 2.75. The van der Waals surface area contributed by atoms with Crippen molar-refractivity contribution >= 4 is 22.8 Å². The van der Waals surface area contributed by atoms with Crippen LogP contribution in [0.3, 0.4) is 0 Å². The average molecular weight is 249 g/mol. The van der Waals surface area contributed by atoms with E-state index in [2.05, 4.69) is 16.9 Å². The first-order chi connectivity index (χ1) is 9.29. The van der Waals surface area contributed by atoms with Crippen molar-refractivity contribution in [2.24, 2.45) is 0 Å². The second kappa shape index (κ2) is 4.56. The molecule has 1 amide bonds. The Morgan fingerprint density at radius 3 is 2.79 bits per heavy atom. The minimum Gasteiger partial charge on any atom is -0.287 e. The molecule has 0 radical (unpaired) electrons. The summed E-state index contributed by atoms with van der Waals surface area (Å²) in [6, 6.07) is 13.7. The summed E-state index contributed by atoms with van der Waals surface area (Å²) >= 11 is 0. The molecule has 0 aliphatic carbocycles. The van der Waals surface area contributed by atoms with Crippen molar-refractivity contribution in [2.75, 3.05) is 6.54 Å². The molecule has 0 spiro atoms. The highest BCUT2D eigenvalue weighted by Crippen LogP contribution is 2.24. The van der Waals surface area contributed by atoms with Gasteiger partial charge in [-0.05, 0) is 22.9 Å². The Balaban J connectivity index is 2.26. The van der Waals surface area contributed by atoms with Gasteiger partial charge in [0.1, 0.15) is 0 Å². The molecule has 0 saturated carbocycles. The van der Waals surface area contributed by atoms with Crippen LogP contribution in [0.4, 0.5) is 0 Å². The van der Waals surface area contributed by atoms with Crippen LogP contribution in [0.15, 0.2) is 42.0 Å². The third kappa shape index (κ3) is 1.96. The van der Waals surface area contributed by atoms with Gasteiger partial charge in [0.05, 0.1) is 11.6 Å². The number of nitriles is 1. The third-order valence-electron chi connectivity index (χ3n) is 3.18. The van der Waals surface area contributed by atoms with Crippen molar-refractivity contribution in [3.63, 3.8) is 0 Å². The summed E-state index contributed by atoms with van der Waals surface area (Å²) in [5.41, 5.74) is 7.32. The molecule has 2 N–H and O–H groups in total. The molecule has 2 aromatic rings. The maximum atomic E-state index is 11.6. The number of carbonyl (C=O) groups is 1. The molecule has 0 aromatic heterocycles. The minimum atomic E-state index is -0.142. The first-order valence-corrected chi connectivity index (χ1v) is 5.95. The fourth-order valence-electron chi connectivity index (χ4n) is 2.22. The number of hydrazine groups is 1. The number of fused-ring (bicyclic) bond motifs is 1. The van der Waals surface area contributed by atoms with Gasteiger partial charge in [0, 0.05) is 17.7 Å². The van der Waals surface area contributed by atoms with Crippen LogP contribution in [0.2, 0.25) is 0 Å². The van der Waals surface area contributed by atoms with E-state index >= 15 is 0 Å². The number of amides is 1. The predicted octanol–water partition coefficient (Wildman–Crippen LogP) is 1.73. The molecule has 19 heavy (non-hydrogen) atoms. The number of hydrogen-bond donors (Lipinski definition) is 2. The highest BCUT2D eigenvalue weighted by atomic mass is 16.2. The molecule has 1 heterocycles. The van der Waals surface area contributed by atoms with E-state index in [0.717, 1.165) is 16.3 Å². The van der Waals surface area contributed by atoms with Crippen LogP contribution < -0.4 is 10.9 Å². The van der Waals surface area contributed by atoms with E-state index in [1.54, 1.807) is 12.1 Å². The van der Waals surface area contributed by atoms with E-state index in [0.29, 0.717) is 17.7 Å². The Bertz CT molecular complexity index is 741. The Labute approximate surface area is 110 Å². The maximum Gasteiger partial charge on any atom is 0.262 e. The average Bonchev–Trinajstić information content (AvgIpc) is 2.85. The second-order valence-corrected chi connectivity index (χ2v) is 4.34. The molecule has 1 fully saturated rings. The molecule has 1 aliphatic rings. The quantitative estimate of drug-likeness (QED) is 0.756. The fraction of sp³-hybridized carbons (Fsp3) is 0.0667. The van der Waals surface area contributed by atoms with Crippen LogP contribution in [0.25, 0.3) is 16.8 Å². The molecule has 0 bridgehead atoms. The van der Waals surface area contributed by atoms with Crippen LogP contribution in [-0.4, -0.2) is 12.5 Å².